The normalized spacial score (nSPS) is 12.4. The summed E-state index contributed by atoms with van der Waals surface area (Å²) in [5.74, 6) is 6.55. The number of ether oxygens (including phenoxy) is 1. The van der Waals surface area contributed by atoms with E-state index >= 15 is 0 Å². The summed E-state index contributed by atoms with van der Waals surface area (Å²) in [4.78, 5) is 1.29. The van der Waals surface area contributed by atoms with Crippen molar-refractivity contribution in [1.29, 1.82) is 0 Å². The minimum absolute atomic E-state index is 0.157. The highest BCUT2D eigenvalue weighted by atomic mass is 32.1. The first-order valence-corrected chi connectivity index (χ1v) is 7.28. The van der Waals surface area contributed by atoms with Crippen LogP contribution in [0.1, 0.15) is 28.5 Å². The van der Waals surface area contributed by atoms with Crippen LogP contribution in [-0.4, -0.2) is 6.61 Å². The third-order valence-corrected chi connectivity index (χ3v) is 4.22. The van der Waals surface area contributed by atoms with Crippen molar-refractivity contribution in [2.75, 3.05) is 6.61 Å². The molecule has 0 aliphatic carbocycles. The summed E-state index contributed by atoms with van der Waals surface area (Å²) in [7, 11) is 0. The van der Waals surface area contributed by atoms with Crippen molar-refractivity contribution in [3.63, 3.8) is 0 Å². The number of hydrogen-bond acceptors (Lipinski definition) is 4. The lowest BCUT2D eigenvalue weighted by molar-refractivity contribution is 0.288. The highest BCUT2D eigenvalue weighted by Crippen LogP contribution is 2.26. The predicted octanol–water partition coefficient (Wildman–Crippen LogP) is 3.34. The molecule has 2 aromatic rings. The Balaban J connectivity index is 1.89. The summed E-state index contributed by atoms with van der Waals surface area (Å²) >= 11 is 1.73. The zero-order valence-electron chi connectivity index (χ0n) is 11.3. The second kappa shape index (κ2) is 6.70. The first-order chi connectivity index (χ1) is 9.20. The quantitative estimate of drug-likeness (QED) is 0.628. The number of rotatable bonds is 6. The molecule has 0 bridgehead atoms. The van der Waals surface area contributed by atoms with Crippen molar-refractivity contribution in [1.82, 2.24) is 5.43 Å². The molecule has 19 heavy (non-hydrogen) atoms. The number of nitrogens with one attached hydrogen (secondary N) is 1. The Morgan fingerprint density at radius 3 is 2.79 bits per heavy atom. The van der Waals surface area contributed by atoms with E-state index in [1.165, 1.54) is 16.0 Å². The molecule has 3 nitrogen and oxygen atoms in total. The molecular formula is C15H20N2OS. The van der Waals surface area contributed by atoms with Crippen LogP contribution < -0.4 is 16.0 Å². The van der Waals surface area contributed by atoms with Crippen LogP contribution in [0.15, 0.2) is 35.7 Å². The Hall–Kier alpha value is -1.36. The van der Waals surface area contributed by atoms with Gasteiger partial charge in [0, 0.05) is 11.3 Å². The van der Waals surface area contributed by atoms with Crippen LogP contribution in [0.5, 0.6) is 5.75 Å². The van der Waals surface area contributed by atoms with Gasteiger partial charge in [0.15, 0.2) is 0 Å². The van der Waals surface area contributed by atoms with Crippen molar-refractivity contribution >= 4 is 11.3 Å². The van der Waals surface area contributed by atoms with Crippen LogP contribution in [0.25, 0.3) is 0 Å². The van der Waals surface area contributed by atoms with Gasteiger partial charge in [0.2, 0.25) is 0 Å². The van der Waals surface area contributed by atoms with Crippen LogP contribution >= 0.6 is 11.3 Å². The Bertz CT molecular complexity index is 524. The fourth-order valence-electron chi connectivity index (χ4n) is 2.03. The summed E-state index contributed by atoms with van der Waals surface area (Å²) in [5.41, 5.74) is 5.36. The molecule has 0 radical (unpaired) electrons. The van der Waals surface area contributed by atoms with E-state index in [0.717, 1.165) is 12.2 Å². The maximum Gasteiger partial charge on any atom is 0.119 e. The Morgan fingerprint density at radius 2 is 2.16 bits per heavy atom. The topological polar surface area (TPSA) is 47.3 Å². The van der Waals surface area contributed by atoms with E-state index in [-0.39, 0.29) is 6.04 Å². The number of hydrogen-bond donors (Lipinski definition) is 2. The van der Waals surface area contributed by atoms with Gasteiger partial charge in [-0.25, -0.2) is 0 Å². The van der Waals surface area contributed by atoms with Crippen molar-refractivity contribution in [3.8, 4) is 5.75 Å². The summed E-state index contributed by atoms with van der Waals surface area (Å²) in [5, 5.41) is 2.09. The maximum absolute atomic E-state index is 5.77. The van der Waals surface area contributed by atoms with Gasteiger partial charge in [0.1, 0.15) is 5.75 Å². The average Bonchev–Trinajstić information content (AvgIpc) is 2.81. The minimum Gasteiger partial charge on any atom is -0.494 e. The third kappa shape index (κ3) is 3.80. The molecule has 0 spiro atoms. The van der Waals surface area contributed by atoms with Gasteiger partial charge in [-0.1, -0.05) is 12.1 Å². The summed E-state index contributed by atoms with van der Waals surface area (Å²) in [6, 6.07) is 10.4. The van der Waals surface area contributed by atoms with Crippen molar-refractivity contribution in [3.05, 3.63) is 51.7 Å². The van der Waals surface area contributed by atoms with Gasteiger partial charge >= 0.3 is 0 Å². The molecule has 0 saturated carbocycles. The number of hydrazine groups is 1. The second-order valence-corrected chi connectivity index (χ2v) is 5.59. The Labute approximate surface area is 118 Å². The molecule has 1 unspecified atom stereocenters. The molecule has 0 aliphatic heterocycles. The van der Waals surface area contributed by atoms with Gasteiger partial charge in [-0.15, -0.1) is 11.3 Å². The first-order valence-electron chi connectivity index (χ1n) is 6.40. The first kappa shape index (κ1) is 14.1. The van der Waals surface area contributed by atoms with Gasteiger partial charge in [-0.05, 0) is 48.6 Å². The SMILES string of the molecule is Cc1cccc(OCCC(NN)c2sccc2C)c1. The van der Waals surface area contributed by atoms with Gasteiger partial charge in [-0.2, -0.15) is 0 Å². The molecular weight excluding hydrogens is 256 g/mol. The molecule has 102 valence electrons. The molecule has 2 rings (SSSR count). The van der Waals surface area contributed by atoms with Gasteiger partial charge in [-0.3, -0.25) is 11.3 Å². The molecule has 1 aromatic heterocycles. The molecule has 0 aliphatic rings. The number of nitrogens with two attached hydrogens (primary N) is 1. The van der Waals surface area contributed by atoms with E-state index in [2.05, 4.69) is 36.8 Å². The van der Waals surface area contributed by atoms with Crippen LogP contribution in [0, 0.1) is 13.8 Å². The molecule has 0 saturated heterocycles. The fourth-order valence-corrected chi connectivity index (χ4v) is 3.05. The summed E-state index contributed by atoms with van der Waals surface area (Å²) in [6.45, 7) is 4.82. The standard InChI is InChI=1S/C15H20N2OS/c1-11-4-3-5-13(10-11)18-8-6-14(17-16)15-12(2)7-9-19-15/h3-5,7,9-10,14,17H,6,8,16H2,1-2H3. The summed E-state index contributed by atoms with van der Waals surface area (Å²) in [6.07, 6.45) is 0.853. The monoisotopic (exact) mass is 276 g/mol. The van der Waals surface area contributed by atoms with Crippen molar-refractivity contribution in [2.45, 2.75) is 26.3 Å². The zero-order valence-corrected chi connectivity index (χ0v) is 12.2. The largest absolute Gasteiger partial charge is 0.494 e. The number of benzene rings is 1. The Morgan fingerprint density at radius 1 is 1.32 bits per heavy atom. The van der Waals surface area contributed by atoms with E-state index in [9.17, 15) is 0 Å². The third-order valence-electron chi connectivity index (χ3n) is 3.08. The van der Waals surface area contributed by atoms with E-state index in [1.807, 2.05) is 18.2 Å². The van der Waals surface area contributed by atoms with Crippen LogP contribution in [0.4, 0.5) is 0 Å². The highest BCUT2D eigenvalue weighted by molar-refractivity contribution is 7.10. The lowest BCUT2D eigenvalue weighted by Crippen LogP contribution is -2.29. The smallest absolute Gasteiger partial charge is 0.119 e. The molecule has 1 atom stereocenters. The molecule has 4 heteroatoms. The molecule has 1 heterocycles. The van der Waals surface area contributed by atoms with Crippen LogP contribution in [0.3, 0.4) is 0 Å². The predicted molar refractivity (Wildman–Crippen MR) is 80.4 cm³/mol. The maximum atomic E-state index is 5.77. The van der Waals surface area contributed by atoms with E-state index in [1.54, 1.807) is 11.3 Å². The zero-order chi connectivity index (χ0) is 13.7. The van der Waals surface area contributed by atoms with E-state index in [0.29, 0.717) is 6.61 Å². The molecule has 0 amide bonds. The van der Waals surface area contributed by atoms with Crippen LogP contribution in [-0.2, 0) is 0 Å². The second-order valence-electron chi connectivity index (χ2n) is 4.64. The average molecular weight is 276 g/mol. The highest BCUT2D eigenvalue weighted by Gasteiger charge is 2.13. The fraction of sp³-hybridized carbons (Fsp3) is 0.333. The lowest BCUT2D eigenvalue weighted by atomic mass is 10.1. The van der Waals surface area contributed by atoms with Crippen molar-refractivity contribution in [2.24, 2.45) is 5.84 Å². The van der Waals surface area contributed by atoms with Gasteiger partial charge in [0.05, 0.1) is 12.6 Å². The van der Waals surface area contributed by atoms with E-state index < -0.39 is 0 Å². The minimum atomic E-state index is 0.157. The Kier molecular flexibility index (Phi) is 4.96. The number of thiophene rings is 1. The molecule has 1 aromatic carbocycles. The van der Waals surface area contributed by atoms with Crippen molar-refractivity contribution < 1.29 is 4.74 Å². The molecule has 0 fully saturated rings. The van der Waals surface area contributed by atoms with Gasteiger partial charge in [0.25, 0.3) is 0 Å². The summed E-state index contributed by atoms with van der Waals surface area (Å²) < 4.78 is 5.77. The van der Waals surface area contributed by atoms with E-state index in [4.69, 9.17) is 10.6 Å². The molecule has 3 N–H and O–H groups in total. The number of aryl methyl sites for hydroxylation is 2. The van der Waals surface area contributed by atoms with Gasteiger partial charge < -0.3 is 4.74 Å². The van der Waals surface area contributed by atoms with Crippen LogP contribution in [0.2, 0.25) is 0 Å². The lowest BCUT2D eigenvalue weighted by Gasteiger charge is -2.16.